The van der Waals surface area contributed by atoms with Crippen LogP contribution in [0.3, 0.4) is 0 Å². The van der Waals surface area contributed by atoms with Gasteiger partial charge in [-0.1, -0.05) is 0 Å². The first-order valence-electron chi connectivity index (χ1n) is 0.582. The molecule has 0 aromatic heterocycles. The average Bonchev–Trinajstić information content (AvgIpc) is 0.811. The third kappa shape index (κ3) is 10.2. The summed E-state index contributed by atoms with van der Waals surface area (Å²) in [5.41, 5.74) is 0. The topological polar surface area (TPSA) is 0 Å². The van der Waals surface area contributed by atoms with Crippen molar-refractivity contribution >= 4 is 41.3 Å². The van der Waals surface area contributed by atoms with Gasteiger partial charge in [-0.2, -0.15) is 0 Å². The van der Waals surface area contributed by atoms with Gasteiger partial charge in [0.05, 0.1) is 0 Å². The van der Waals surface area contributed by atoms with Crippen molar-refractivity contribution in [3.05, 3.63) is 0 Å². The average molecular weight is 176 g/mol. The second-order valence-electron chi connectivity index (χ2n) is 0.226. The van der Waals surface area contributed by atoms with Gasteiger partial charge in [-0.15, -0.1) is 0 Å². The van der Waals surface area contributed by atoms with Gasteiger partial charge in [-0.3, -0.25) is 0 Å². The Bertz CT molecular complexity index is 29.0. The fourth-order valence-corrected chi connectivity index (χ4v) is 0. The molecule has 0 radical (unpaired) electrons. The molecule has 4 heteroatoms. The van der Waals surface area contributed by atoms with Gasteiger partial charge in [0.15, 0.2) is 0 Å². The second kappa shape index (κ2) is 2.57. The molecule has 0 rings (SSSR count). The predicted octanol–water partition coefficient (Wildman–Crippen LogP) is 1.65. The molecule has 0 aromatic rings. The summed E-state index contributed by atoms with van der Waals surface area (Å²) < 4.78 is 0. The van der Waals surface area contributed by atoms with Gasteiger partial charge in [-0.05, 0) is 0 Å². The molecule has 0 N–H and O–H groups in total. The Morgan fingerprint density at radius 2 is 1.50 bits per heavy atom. The van der Waals surface area contributed by atoms with Gasteiger partial charge in [0.2, 0.25) is 0 Å². The molecule has 0 aliphatic carbocycles. The number of halogens is 2. The Morgan fingerprint density at radius 1 is 1.50 bits per heavy atom. The number of hydrogen-bond donors (Lipinski definition) is 0. The Balaban J connectivity index is 2.80. The maximum absolute atomic E-state index is 5.02. The minimum atomic E-state index is -1.81. The van der Waals surface area contributed by atoms with Crippen LogP contribution < -0.4 is 0 Å². The summed E-state index contributed by atoms with van der Waals surface area (Å²) in [6.45, 7) is 0. The molecule has 0 saturated heterocycles. The SMILES string of the molecule is [S]=[Ge]([Cl])[Cl]. The van der Waals surface area contributed by atoms with Crippen molar-refractivity contribution in [2.75, 3.05) is 0 Å². The first kappa shape index (κ1) is 5.34. The third-order valence-electron chi connectivity index (χ3n) is 0. The molecule has 0 saturated carbocycles. The fraction of sp³-hybridized carbons (Fsp3) is 0. The molecule has 0 heterocycles. The van der Waals surface area contributed by atoms with Crippen molar-refractivity contribution in [1.29, 1.82) is 0 Å². The summed E-state index contributed by atoms with van der Waals surface area (Å²) in [7, 11) is 12.6. The van der Waals surface area contributed by atoms with E-state index in [1.54, 1.807) is 0 Å². The van der Waals surface area contributed by atoms with E-state index in [2.05, 4.69) is 10.5 Å². The van der Waals surface area contributed by atoms with Gasteiger partial charge in [0.1, 0.15) is 0 Å². The van der Waals surface area contributed by atoms with Crippen molar-refractivity contribution in [1.82, 2.24) is 0 Å². The maximum atomic E-state index is 5.02. The van der Waals surface area contributed by atoms with Crippen molar-refractivity contribution in [2.45, 2.75) is 0 Å². The van der Waals surface area contributed by atoms with E-state index in [-0.39, 0.29) is 0 Å². The monoisotopic (exact) mass is 176 g/mol. The molecule has 0 bridgehead atoms. The molecule has 24 valence electrons. The first-order chi connectivity index (χ1) is 1.73. The van der Waals surface area contributed by atoms with E-state index in [1.165, 1.54) is 0 Å². The normalized spacial score (nSPS) is 6.50. The molecule has 0 amide bonds. The first-order valence-corrected chi connectivity index (χ1v) is 9.07. The molecule has 0 fully saturated rings. The Labute approximate surface area is 41.4 Å². The molecule has 0 spiro atoms. The van der Waals surface area contributed by atoms with E-state index in [4.69, 9.17) is 20.0 Å². The van der Waals surface area contributed by atoms with Gasteiger partial charge < -0.3 is 0 Å². The van der Waals surface area contributed by atoms with Crippen LogP contribution >= 0.6 is 30.5 Å². The van der Waals surface area contributed by atoms with Crippen LogP contribution in [0.25, 0.3) is 0 Å². The molecular formula is Cl2GeS. The summed E-state index contributed by atoms with van der Waals surface area (Å²) in [6, 6.07) is 0. The summed E-state index contributed by atoms with van der Waals surface area (Å²) in [4.78, 5) is 0. The molecular weight excluding hydrogens is 176 g/mol. The van der Waals surface area contributed by atoms with Crippen molar-refractivity contribution in [3.63, 3.8) is 0 Å². The van der Waals surface area contributed by atoms with Crippen LogP contribution in [0.5, 0.6) is 0 Å². The Morgan fingerprint density at radius 3 is 1.50 bits per heavy atom. The van der Waals surface area contributed by atoms with E-state index in [1.807, 2.05) is 0 Å². The third-order valence-corrected chi connectivity index (χ3v) is 0. The van der Waals surface area contributed by atoms with Crippen LogP contribution in [0.2, 0.25) is 0 Å². The fourth-order valence-electron chi connectivity index (χ4n) is 0. The van der Waals surface area contributed by atoms with Crippen LogP contribution in [-0.2, 0) is 0 Å². The number of rotatable bonds is 0. The zero-order chi connectivity index (χ0) is 3.58. The molecule has 0 unspecified atom stereocenters. The summed E-state index contributed by atoms with van der Waals surface area (Å²) in [6.07, 6.45) is 0. The van der Waals surface area contributed by atoms with E-state index in [0.717, 1.165) is 0 Å². The van der Waals surface area contributed by atoms with E-state index in [0.29, 0.717) is 0 Å². The Kier molecular flexibility index (Phi) is 3.44. The van der Waals surface area contributed by atoms with Crippen LogP contribution in [0, 0.1) is 0 Å². The van der Waals surface area contributed by atoms with Crippen LogP contribution in [-0.4, -0.2) is 10.8 Å². The molecule has 0 atom stereocenters. The Hall–Kier alpha value is 1.34. The minimum absolute atomic E-state index is 1.81. The molecule has 0 aliphatic heterocycles. The predicted molar refractivity (Wildman–Crippen MR) is 25.1 cm³/mol. The molecule has 0 aliphatic rings. The second-order valence-corrected chi connectivity index (χ2v) is 10.6. The van der Waals surface area contributed by atoms with Crippen LogP contribution in [0.15, 0.2) is 0 Å². The van der Waals surface area contributed by atoms with Crippen molar-refractivity contribution in [2.24, 2.45) is 0 Å². The molecule has 0 nitrogen and oxygen atoms in total. The van der Waals surface area contributed by atoms with Gasteiger partial charge in [0.25, 0.3) is 0 Å². The van der Waals surface area contributed by atoms with Gasteiger partial charge in [-0.25, -0.2) is 0 Å². The number of hydrogen-bond acceptors (Lipinski definition) is 1. The standard InChI is InChI=1S/Cl2GeS/c1-3(2)4. The van der Waals surface area contributed by atoms with Crippen LogP contribution in [0.4, 0.5) is 0 Å². The summed E-state index contributed by atoms with van der Waals surface area (Å²) in [5, 5.41) is 0. The molecule has 0 aromatic carbocycles. The van der Waals surface area contributed by atoms with Crippen molar-refractivity contribution in [3.8, 4) is 0 Å². The quantitative estimate of drug-likeness (QED) is 0.505. The van der Waals surface area contributed by atoms with E-state index in [9.17, 15) is 0 Å². The van der Waals surface area contributed by atoms with Crippen LogP contribution in [0.1, 0.15) is 0 Å². The van der Waals surface area contributed by atoms with E-state index >= 15 is 0 Å². The van der Waals surface area contributed by atoms with Gasteiger partial charge >= 0.3 is 41.3 Å². The molecule has 4 heavy (non-hydrogen) atoms. The summed E-state index contributed by atoms with van der Waals surface area (Å²) >= 11 is 0. The van der Waals surface area contributed by atoms with Gasteiger partial charge in [0, 0.05) is 0 Å². The zero-order valence-electron chi connectivity index (χ0n) is 1.66. The summed E-state index contributed by atoms with van der Waals surface area (Å²) in [5.74, 6) is 0. The van der Waals surface area contributed by atoms with E-state index < -0.39 is 10.8 Å². The van der Waals surface area contributed by atoms with Crippen molar-refractivity contribution < 1.29 is 0 Å². The zero-order valence-corrected chi connectivity index (χ0v) is 6.09.